The topological polar surface area (TPSA) is 80.1 Å². The number of hydrogen-bond donors (Lipinski definition) is 1. The fraction of sp³-hybridized carbons (Fsp3) is 0.524. The highest BCUT2D eigenvalue weighted by Gasteiger charge is 2.32. The molecule has 4 heterocycles. The van der Waals surface area contributed by atoms with Crippen LogP contribution in [0.25, 0.3) is 11.1 Å². The third-order valence-corrected chi connectivity index (χ3v) is 6.09. The lowest BCUT2D eigenvalue weighted by atomic mass is 9.89. The molecule has 2 aliphatic heterocycles. The molecule has 2 aliphatic rings. The minimum Gasteiger partial charge on any atom is -0.343 e. The van der Waals surface area contributed by atoms with Gasteiger partial charge in [0, 0.05) is 56.0 Å². The summed E-state index contributed by atoms with van der Waals surface area (Å²) in [5.41, 5.74) is 3.16. The van der Waals surface area contributed by atoms with Crippen molar-refractivity contribution in [3.05, 3.63) is 29.2 Å². The number of hydrogen-bond acceptors (Lipinski definition) is 4. The Hall–Kier alpha value is -2.41. The molecule has 0 spiro atoms. The highest BCUT2D eigenvalue weighted by Crippen LogP contribution is 2.39. The van der Waals surface area contributed by atoms with E-state index in [0.29, 0.717) is 23.8 Å². The first-order valence-corrected chi connectivity index (χ1v) is 10.4. The summed E-state index contributed by atoms with van der Waals surface area (Å²) in [7, 11) is 0. The molecule has 7 nitrogen and oxygen atoms in total. The summed E-state index contributed by atoms with van der Waals surface area (Å²) in [4.78, 5) is 30.0. The van der Waals surface area contributed by atoms with Crippen molar-refractivity contribution in [1.82, 2.24) is 19.7 Å². The Kier molecular flexibility index (Phi) is 5.11. The summed E-state index contributed by atoms with van der Waals surface area (Å²) in [5.74, 6) is 0.635. The summed E-state index contributed by atoms with van der Waals surface area (Å²) >= 11 is 6.43. The lowest BCUT2D eigenvalue weighted by Crippen LogP contribution is -2.26. The van der Waals surface area contributed by atoms with E-state index in [1.807, 2.05) is 16.9 Å². The average molecular weight is 416 g/mol. The van der Waals surface area contributed by atoms with Crippen molar-refractivity contribution in [1.29, 1.82) is 0 Å². The number of nitrogens with zero attached hydrogens (tertiary/aromatic N) is 4. The Morgan fingerprint density at radius 3 is 2.83 bits per heavy atom. The van der Waals surface area contributed by atoms with E-state index in [-0.39, 0.29) is 23.1 Å². The van der Waals surface area contributed by atoms with Gasteiger partial charge in [0.25, 0.3) is 0 Å². The van der Waals surface area contributed by atoms with Crippen LogP contribution in [0.2, 0.25) is 5.02 Å². The van der Waals surface area contributed by atoms with Crippen molar-refractivity contribution in [2.45, 2.75) is 46.6 Å². The lowest BCUT2D eigenvalue weighted by molar-refractivity contribution is -0.128. The zero-order valence-corrected chi connectivity index (χ0v) is 17.8. The van der Waals surface area contributed by atoms with E-state index in [2.05, 4.69) is 29.2 Å². The molecular weight excluding hydrogens is 390 g/mol. The zero-order chi connectivity index (χ0) is 20.8. The quantitative estimate of drug-likeness (QED) is 0.830. The van der Waals surface area contributed by atoms with Gasteiger partial charge in [-0.25, -0.2) is 4.98 Å². The van der Waals surface area contributed by atoms with Crippen LogP contribution in [0.15, 0.2) is 18.5 Å². The summed E-state index contributed by atoms with van der Waals surface area (Å²) in [6, 6.07) is 1.82. The third kappa shape index (κ3) is 4.15. The standard InChI is InChI=1S/C21H26ClN5O2/c1-13(28)26-5-4-14(11-26)6-20(29)25-19-7-15(17(22)10-23-19)16-9-24-27-12-21(2,3)8-18(16)27/h7,9-10,14H,4-6,8,11-12H2,1-3H3,(H,23,25,29)/t14-/m0/s1. The zero-order valence-electron chi connectivity index (χ0n) is 17.0. The van der Waals surface area contributed by atoms with Gasteiger partial charge < -0.3 is 10.2 Å². The molecule has 0 saturated carbocycles. The number of likely N-dealkylation sites (tertiary alicyclic amines) is 1. The van der Waals surface area contributed by atoms with Crippen LogP contribution in [0.3, 0.4) is 0 Å². The number of nitrogens with one attached hydrogen (secondary N) is 1. The molecule has 0 aliphatic carbocycles. The maximum atomic E-state index is 12.5. The monoisotopic (exact) mass is 415 g/mol. The van der Waals surface area contributed by atoms with Gasteiger partial charge in [-0.15, -0.1) is 0 Å². The predicted molar refractivity (Wildman–Crippen MR) is 112 cm³/mol. The molecule has 1 saturated heterocycles. The Morgan fingerprint density at radius 2 is 2.10 bits per heavy atom. The van der Waals surface area contributed by atoms with Gasteiger partial charge in [-0.3, -0.25) is 14.3 Å². The first-order chi connectivity index (χ1) is 13.7. The molecule has 0 unspecified atom stereocenters. The Labute approximate surface area is 175 Å². The minimum atomic E-state index is -0.0949. The van der Waals surface area contributed by atoms with Crippen LogP contribution in [0.5, 0.6) is 0 Å². The Bertz CT molecular complexity index is 968. The van der Waals surface area contributed by atoms with Gasteiger partial charge in [0.05, 0.1) is 11.2 Å². The fourth-order valence-electron chi connectivity index (χ4n) is 4.33. The summed E-state index contributed by atoms with van der Waals surface area (Å²) in [6.45, 7) is 8.26. The van der Waals surface area contributed by atoms with Crippen LogP contribution in [0, 0.1) is 11.3 Å². The van der Waals surface area contributed by atoms with Gasteiger partial charge in [0.2, 0.25) is 11.8 Å². The number of pyridine rings is 1. The molecule has 4 rings (SSSR count). The normalized spacial score (nSPS) is 20.0. The number of aromatic nitrogens is 3. The Morgan fingerprint density at radius 1 is 1.31 bits per heavy atom. The smallest absolute Gasteiger partial charge is 0.225 e. The first kappa shape index (κ1) is 19.9. The number of anilines is 1. The molecule has 0 radical (unpaired) electrons. The van der Waals surface area contributed by atoms with Gasteiger partial charge >= 0.3 is 0 Å². The molecular formula is C21H26ClN5O2. The van der Waals surface area contributed by atoms with Crippen molar-refractivity contribution in [2.24, 2.45) is 11.3 Å². The van der Waals surface area contributed by atoms with E-state index < -0.39 is 0 Å². The van der Waals surface area contributed by atoms with Crippen LogP contribution < -0.4 is 5.32 Å². The molecule has 2 amide bonds. The second kappa shape index (κ2) is 7.44. The van der Waals surface area contributed by atoms with Gasteiger partial charge in [-0.2, -0.15) is 5.10 Å². The van der Waals surface area contributed by atoms with Crippen molar-refractivity contribution in [3.63, 3.8) is 0 Å². The summed E-state index contributed by atoms with van der Waals surface area (Å²) < 4.78 is 2.03. The molecule has 29 heavy (non-hydrogen) atoms. The van der Waals surface area contributed by atoms with E-state index >= 15 is 0 Å². The number of rotatable bonds is 4. The van der Waals surface area contributed by atoms with Gasteiger partial charge in [-0.1, -0.05) is 25.4 Å². The highest BCUT2D eigenvalue weighted by atomic mass is 35.5. The number of fused-ring (bicyclic) bond motifs is 1. The Balaban J connectivity index is 1.47. The van der Waals surface area contributed by atoms with Crippen molar-refractivity contribution < 1.29 is 9.59 Å². The molecule has 1 fully saturated rings. The lowest BCUT2D eigenvalue weighted by Gasteiger charge is -2.15. The summed E-state index contributed by atoms with van der Waals surface area (Å²) in [5, 5.41) is 7.93. The van der Waals surface area contributed by atoms with Crippen LogP contribution in [0.4, 0.5) is 5.82 Å². The largest absolute Gasteiger partial charge is 0.343 e. The van der Waals surface area contributed by atoms with E-state index in [1.54, 1.807) is 18.0 Å². The summed E-state index contributed by atoms with van der Waals surface area (Å²) in [6.07, 6.45) is 5.57. The number of halogens is 1. The highest BCUT2D eigenvalue weighted by molar-refractivity contribution is 6.33. The molecule has 0 aromatic carbocycles. The van der Waals surface area contributed by atoms with Crippen LogP contribution in [-0.2, 0) is 22.6 Å². The fourth-order valence-corrected chi connectivity index (χ4v) is 4.53. The molecule has 2 aromatic heterocycles. The van der Waals surface area contributed by atoms with E-state index in [9.17, 15) is 9.59 Å². The van der Waals surface area contributed by atoms with E-state index in [1.165, 1.54) is 0 Å². The number of amides is 2. The predicted octanol–water partition coefficient (Wildman–Crippen LogP) is 3.38. The second-order valence-electron chi connectivity index (χ2n) is 8.93. The maximum absolute atomic E-state index is 12.5. The molecule has 0 bridgehead atoms. The SMILES string of the molecule is CC(=O)N1CC[C@@H](CC(=O)Nc2cc(-c3cnn4c3CC(C)(C)C4)c(Cl)cn2)C1. The van der Waals surface area contributed by atoms with Gasteiger partial charge in [0.15, 0.2) is 0 Å². The van der Waals surface area contributed by atoms with Crippen LogP contribution >= 0.6 is 11.6 Å². The third-order valence-electron chi connectivity index (χ3n) is 5.79. The number of carbonyl (C=O) groups is 2. The first-order valence-electron chi connectivity index (χ1n) is 9.98. The van der Waals surface area contributed by atoms with Crippen molar-refractivity contribution >= 4 is 29.2 Å². The molecule has 2 aromatic rings. The number of carbonyl (C=O) groups excluding carboxylic acids is 2. The van der Waals surface area contributed by atoms with Gasteiger partial charge in [0.1, 0.15) is 5.82 Å². The van der Waals surface area contributed by atoms with Crippen molar-refractivity contribution in [3.8, 4) is 11.1 Å². The van der Waals surface area contributed by atoms with E-state index in [0.717, 1.165) is 42.8 Å². The van der Waals surface area contributed by atoms with Crippen LogP contribution in [0.1, 0.15) is 39.3 Å². The van der Waals surface area contributed by atoms with Crippen LogP contribution in [-0.4, -0.2) is 44.6 Å². The minimum absolute atomic E-state index is 0.0637. The molecule has 154 valence electrons. The maximum Gasteiger partial charge on any atom is 0.225 e. The van der Waals surface area contributed by atoms with E-state index in [4.69, 9.17) is 11.6 Å². The van der Waals surface area contributed by atoms with Crippen molar-refractivity contribution in [2.75, 3.05) is 18.4 Å². The molecule has 8 heteroatoms. The second-order valence-corrected chi connectivity index (χ2v) is 9.33. The molecule has 1 N–H and O–H groups in total. The van der Waals surface area contributed by atoms with Gasteiger partial charge in [-0.05, 0) is 30.2 Å². The average Bonchev–Trinajstić information content (AvgIpc) is 3.31. The molecule has 1 atom stereocenters.